The summed E-state index contributed by atoms with van der Waals surface area (Å²) in [6, 6.07) is 7.88. The van der Waals surface area contributed by atoms with E-state index >= 15 is 0 Å². The van der Waals surface area contributed by atoms with Crippen molar-refractivity contribution in [2.75, 3.05) is 24.5 Å². The predicted molar refractivity (Wildman–Crippen MR) is 74.8 cm³/mol. The molecule has 0 aliphatic carbocycles. The van der Waals surface area contributed by atoms with E-state index in [0.29, 0.717) is 25.6 Å². The minimum absolute atomic E-state index is 0.0681. The van der Waals surface area contributed by atoms with Crippen LogP contribution in [0.1, 0.15) is 12.5 Å². The number of carboxylic acid groups (broad SMARTS) is 1. The first kappa shape index (κ1) is 13.0. The van der Waals surface area contributed by atoms with Crippen LogP contribution in [0.15, 0.2) is 24.3 Å². The standard InChI is InChI=1S/C15H18N2O3/c1-10-6-11-4-2-3-5-13(11)17(7-10)15(20)16-8-12(9-16)14(18)19/h2-5,10,12H,6-9H2,1H3,(H,18,19). The van der Waals surface area contributed by atoms with E-state index in [1.54, 1.807) is 9.80 Å². The van der Waals surface area contributed by atoms with Crippen LogP contribution in [0.5, 0.6) is 0 Å². The highest BCUT2D eigenvalue weighted by Crippen LogP contribution is 2.31. The van der Waals surface area contributed by atoms with Gasteiger partial charge in [-0.25, -0.2) is 4.79 Å². The smallest absolute Gasteiger partial charge is 0.324 e. The second kappa shape index (κ2) is 4.81. The van der Waals surface area contributed by atoms with E-state index in [0.717, 1.165) is 12.1 Å². The Morgan fingerprint density at radius 2 is 1.90 bits per heavy atom. The van der Waals surface area contributed by atoms with Gasteiger partial charge < -0.3 is 10.0 Å². The number of carbonyl (C=O) groups excluding carboxylic acids is 1. The molecule has 106 valence electrons. The molecule has 1 atom stereocenters. The topological polar surface area (TPSA) is 60.9 Å². The maximum atomic E-state index is 12.5. The Kier molecular flexibility index (Phi) is 3.12. The van der Waals surface area contributed by atoms with Crippen molar-refractivity contribution < 1.29 is 14.7 Å². The van der Waals surface area contributed by atoms with Crippen LogP contribution in [-0.2, 0) is 11.2 Å². The fourth-order valence-corrected chi connectivity index (χ4v) is 2.94. The van der Waals surface area contributed by atoms with E-state index < -0.39 is 11.9 Å². The summed E-state index contributed by atoms with van der Waals surface area (Å²) in [5.41, 5.74) is 2.16. The van der Waals surface area contributed by atoms with Gasteiger partial charge in [0.25, 0.3) is 0 Å². The zero-order chi connectivity index (χ0) is 14.3. The van der Waals surface area contributed by atoms with Crippen molar-refractivity contribution in [3.63, 3.8) is 0 Å². The molecular weight excluding hydrogens is 256 g/mol. The van der Waals surface area contributed by atoms with E-state index in [2.05, 4.69) is 13.0 Å². The van der Waals surface area contributed by atoms with E-state index in [1.807, 2.05) is 18.2 Å². The molecule has 2 heterocycles. The summed E-state index contributed by atoms with van der Waals surface area (Å²) in [5.74, 6) is -0.803. The first-order valence-corrected chi connectivity index (χ1v) is 6.93. The molecule has 5 nitrogen and oxygen atoms in total. The number of urea groups is 1. The molecule has 2 amide bonds. The molecule has 0 bridgehead atoms. The van der Waals surface area contributed by atoms with Crippen LogP contribution in [0.4, 0.5) is 10.5 Å². The molecule has 1 N–H and O–H groups in total. The van der Waals surface area contributed by atoms with Crippen LogP contribution < -0.4 is 4.90 Å². The Morgan fingerprint density at radius 3 is 2.60 bits per heavy atom. The Hall–Kier alpha value is -2.04. The Bertz CT molecular complexity index is 552. The molecule has 5 heteroatoms. The normalized spacial score (nSPS) is 22.1. The molecule has 3 rings (SSSR count). The number of aliphatic carboxylic acids is 1. The van der Waals surface area contributed by atoms with Gasteiger partial charge in [-0.3, -0.25) is 9.69 Å². The second-order valence-corrected chi connectivity index (χ2v) is 5.77. The largest absolute Gasteiger partial charge is 0.481 e. The first-order chi connectivity index (χ1) is 9.56. The van der Waals surface area contributed by atoms with Crippen LogP contribution in [0.25, 0.3) is 0 Å². The molecule has 2 aliphatic rings. The summed E-state index contributed by atoms with van der Waals surface area (Å²) in [4.78, 5) is 26.8. The number of carbonyl (C=O) groups is 2. The lowest BCUT2D eigenvalue weighted by Crippen LogP contribution is -2.58. The monoisotopic (exact) mass is 274 g/mol. The van der Waals surface area contributed by atoms with Gasteiger partial charge in [-0.15, -0.1) is 0 Å². The summed E-state index contributed by atoms with van der Waals surface area (Å²) in [5, 5.41) is 8.89. The highest BCUT2D eigenvalue weighted by molar-refractivity contribution is 5.94. The van der Waals surface area contributed by atoms with E-state index in [9.17, 15) is 9.59 Å². The molecule has 20 heavy (non-hydrogen) atoms. The number of para-hydroxylation sites is 1. The molecule has 0 aromatic heterocycles. The molecule has 0 radical (unpaired) electrons. The fourth-order valence-electron chi connectivity index (χ4n) is 2.94. The quantitative estimate of drug-likeness (QED) is 0.849. The predicted octanol–water partition coefficient (Wildman–Crippen LogP) is 1.82. The summed E-state index contributed by atoms with van der Waals surface area (Å²) in [7, 11) is 0. The number of hydrogen-bond donors (Lipinski definition) is 1. The number of anilines is 1. The highest BCUT2D eigenvalue weighted by atomic mass is 16.4. The van der Waals surface area contributed by atoms with Crippen molar-refractivity contribution in [2.24, 2.45) is 11.8 Å². The van der Waals surface area contributed by atoms with Gasteiger partial charge in [0.1, 0.15) is 0 Å². The lowest BCUT2D eigenvalue weighted by molar-refractivity contribution is -0.146. The van der Waals surface area contributed by atoms with Gasteiger partial charge in [-0.2, -0.15) is 0 Å². The molecule has 1 fully saturated rings. The SMILES string of the molecule is CC1Cc2ccccc2N(C(=O)N2CC(C(=O)O)C2)C1. The first-order valence-electron chi connectivity index (χ1n) is 6.93. The third kappa shape index (κ3) is 2.13. The minimum atomic E-state index is -0.818. The van der Waals surface area contributed by atoms with Gasteiger partial charge in [-0.05, 0) is 24.0 Å². The minimum Gasteiger partial charge on any atom is -0.481 e. The molecular formula is C15H18N2O3. The Labute approximate surface area is 117 Å². The number of carboxylic acids is 1. The number of fused-ring (bicyclic) bond motifs is 1. The Morgan fingerprint density at radius 1 is 1.20 bits per heavy atom. The lowest BCUT2D eigenvalue weighted by Gasteiger charge is -2.42. The van der Waals surface area contributed by atoms with Gasteiger partial charge in [0.05, 0.1) is 5.92 Å². The van der Waals surface area contributed by atoms with Crippen molar-refractivity contribution in [3.8, 4) is 0 Å². The van der Waals surface area contributed by atoms with E-state index in [1.165, 1.54) is 5.56 Å². The van der Waals surface area contributed by atoms with Crippen LogP contribution in [0.3, 0.4) is 0 Å². The molecule has 1 unspecified atom stereocenters. The number of rotatable bonds is 1. The summed E-state index contributed by atoms with van der Waals surface area (Å²) < 4.78 is 0. The van der Waals surface area contributed by atoms with Crippen molar-refractivity contribution in [2.45, 2.75) is 13.3 Å². The number of likely N-dealkylation sites (tertiary alicyclic amines) is 1. The average molecular weight is 274 g/mol. The van der Waals surface area contributed by atoms with Gasteiger partial charge in [0.2, 0.25) is 0 Å². The van der Waals surface area contributed by atoms with Crippen LogP contribution in [0, 0.1) is 11.8 Å². The molecule has 0 spiro atoms. The molecule has 2 aliphatic heterocycles. The molecule has 1 saturated heterocycles. The Balaban J connectivity index is 1.77. The van der Waals surface area contributed by atoms with Gasteiger partial charge in [-0.1, -0.05) is 25.1 Å². The molecule has 1 aromatic carbocycles. The average Bonchev–Trinajstić information content (AvgIpc) is 2.35. The number of amides is 2. The fraction of sp³-hybridized carbons (Fsp3) is 0.467. The highest BCUT2D eigenvalue weighted by Gasteiger charge is 2.39. The zero-order valence-corrected chi connectivity index (χ0v) is 11.5. The molecule has 1 aromatic rings. The third-order valence-corrected chi connectivity index (χ3v) is 4.08. The second-order valence-electron chi connectivity index (χ2n) is 5.77. The van der Waals surface area contributed by atoms with Crippen molar-refractivity contribution in [1.29, 1.82) is 0 Å². The van der Waals surface area contributed by atoms with Crippen molar-refractivity contribution in [1.82, 2.24) is 4.90 Å². The van der Waals surface area contributed by atoms with E-state index in [4.69, 9.17) is 5.11 Å². The van der Waals surface area contributed by atoms with Gasteiger partial charge >= 0.3 is 12.0 Å². The summed E-state index contributed by atoms with van der Waals surface area (Å²) >= 11 is 0. The zero-order valence-electron chi connectivity index (χ0n) is 11.5. The van der Waals surface area contributed by atoms with Gasteiger partial charge in [0, 0.05) is 25.3 Å². The van der Waals surface area contributed by atoms with Crippen LogP contribution >= 0.6 is 0 Å². The number of benzene rings is 1. The number of hydrogen-bond acceptors (Lipinski definition) is 2. The van der Waals surface area contributed by atoms with Crippen LogP contribution in [-0.4, -0.2) is 41.6 Å². The van der Waals surface area contributed by atoms with Gasteiger partial charge in [0.15, 0.2) is 0 Å². The van der Waals surface area contributed by atoms with Crippen molar-refractivity contribution in [3.05, 3.63) is 29.8 Å². The maximum absolute atomic E-state index is 12.5. The third-order valence-electron chi connectivity index (χ3n) is 4.08. The molecule has 0 saturated carbocycles. The van der Waals surface area contributed by atoms with Crippen LogP contribution in [0.2, 0.25) is 0 Å². The number of nitrogens with zero attached hydrogens (tertiary/aromatic N) is 2. The van der Waals surface area contributed by atoms with E-state index in [-0.39, 0.29) is 6.03 Å². The van der Waals surface area contributed by atoms with Crippen molar-refractivity contribution >= 4 is 17.7 Å². The maximum Gasteiger partial charge on any atom is 0.324 e. The lowest BCUT2D eigenvalue weighted by atomic mass is 9.93. The summed E-state index contributed by atoms with van der Waals surface area (Å²) in [6.07, 6.45) is 0.984. The summed E-state index contributed by atoms with van der Waals surface area (Å²) in [6.45, 7) is 3.47.